The largest absolute Gasteiger partial charge is 0.493 e. The van der Waals surface area contributed by atoms with Gasteiger partial charge in [0, 0.05) is 12.1 Å². The van der Waals surface area contributed by atoms with Crippen LogP contribution in [0, 0.1) is 5.92 Å². The Balaban J connectivity index is 1.83. The van der Waals surface area contributed by atoms with Crippen LogP contribution < -0.4 is 10.1 Å². The quantitative estimate of drug-likeness (QED) is 0.715. The van der Waals surface area contributed by atoms with Gasteiger partial charge >= 0.3 is 5.97 Å². The molecule has 5 heteroatoms. The van der Waals surface area contributed by atoms with Crippen molar-refractivity contribution in [2.75, 3.05) is 11.9 Å². The Hall–Kier alpha value is -2.82. The molecule has 2 rings (SSSR count). The molecule has 5 nitrogen and oxygen atoms in total. The molecule has 2 aromatic carbocycles. The van der Waals surface area contributed by atoms with Crippen molar-refractivity contribution in [2.24, 2.45) is 5.92 Å². The number of aryl methyl sites for hydroxylation is 1. The van der Waals surface area contributed by atoms with Gasteiger partial charge in [0.25, 0.3) is 0 Å². The van der Waals surface area contributed by atoms with E-state index in [4.69, 9.17) is 9.84 Å². The highest BCUT2D eigenvalue weighted by Gasteiger charge is 2.06. The van der Waals surface area contributed by atoms with E-state index in [0.29, 0.717) is 24.6 Å². The van der Waals surface area contributed by atoms with Gasteiger partial charge in [-0.05, 0) is 47.7 Å². The molecule has 0 fully saturated rings. The van der Waals surface area contributed by atoms with Crippen LogP contribution in [0.25, 0.3) is 0 Å². The second-order valence-corrected chi connectivity index (χ2v) is 6.66. The van der Waals surface area contributed by atoms with E-state index in [9.17, 15) is 9.59 Å². The van der Waals surface area contributed by atoms with Gasteiger partial charge in [-0.2, -0.15) is 0 Å². The van der Waals surface area contributed by atoms with E-state index in [1.54, 1.807) is 12.1 Å². The van der Waals surface area contributed by atoms with Crippen LogP contribution in [0.1, 0.15) is 31.4 Å². The van der Waals surface area contributed by atoms with Gasteiger partial charge in [0.05, 0.1) is 13.0 Å². The minimum Gasteiger partial charge on any atom is -0.493 e. The van der Waals surface area contributed by atoms with Gasteiger partial charge in [0.1, 0.15) is 5.75 Å². The average Bonchev–Trinajstić information content (AvgIpc) is 2.60. The second kappa shape index (κ2) is 9.61. The molecule has 0 spiro atoms. The molecule has 0 aromatic heterocycles. The number of rotatable bonds is 9. The zero-order valence-corrected chi connectivity index (χ0v) is 15.2. The molecule has 0 saturated carbocycles. The van der Waals surface area contributed by atoms with Crippen molar-refractivity contribution in [3.05, 3.63) is 59.7 Å². The van der Waals surface area contributed by atoms with Gasteiger partial charge in [-0.25, -0.2) is 0 Å². The molecule has 2 aromatic rings. The van der Waals surface area contributed by atoms with Crippen LogP contribution in [-0.4, -0.2) is 23.6 Å². The van der Waals surface area contributed by atoms with Gasteiger partial charge in [-0.15, -0.1) is 0 Å². The maximum absolute atomic E-state index is 12.2. The number of hydrogen-bond acceptors (Lipinski definition) is 3. The van der Waals surface area contributed by atoms with E-state index in [1.165, 1.54) is 0 Å². The van der Waals surface area contributed by atoms with Crippen molar-refractivity contribution in [3.63, 3.8) is 0 Å². The van der Waals surface area contributed by atoms with Crippen molar-refractivity contribution in [1.29, 1.82) is 0 Å². The Labute approximate surface area is 154 Å². The van der Waals surface area contributed by atoms with E-state index in [1.807, 2.05) is 36.4 Å². The Kier molecular flexibility index (Phi) is 7.21. The molecule has 0 bridgehead atoms. The van der Waals surface area contributed by atoms with E-state index in [2.05, 4.69) is 19.2 Å². The van der Waals surface area contributed by atoms with Gasteiger partial charge in [0.15, 0.2) is 0 Å². The molecule has 0 aliphatic carbocycles. The number of aliphatic carboxylic acids is 1. The number of anilines is 1. The van der Waals surface area contributed by atoms with E-state index >= 15 is 0 Å². The van der Waals surface area contributed by atoms with Gasteiger partial charge in [0.2, 0.25) is 5.91 Å². The fourth-order valence-corrected chi connectivity index (χ4v) is 2.36. The topological polar surface area (TPSA) is 75.6 Å². The van der Waals surface area contributed by atoms with Crippen LogP contribution >= 0.6 is 0 Å². The lowest BCUT2D eigenvalue weighted by molar-refractivity contribution is -0.137. The summed E-state index contributed by atoms with van der Waals surface area (Å²) < 4.78 is 5.63. The summed E-state index contributed by atoms with van der Waals surface area (Å²) in [5.41, 5.74) is 2.55. The predicted octanol–water partition coefficient (Wildman–Crippen LogP) is 3.92. The van der Waals surface area contributed by atoms with Crippen molar-refractivity contribution in [3.8, 4) is 5.75 Å². The maximum Gasteiger partial charge on any atom is 0.303 e. The van der Waals surface area contributed by atoms with Gasteiger partial charge in [-0.3, -0.25) is 9.59 Å². The molecular weight excluding hydrogens is 330 g/mol. The zero-order chi connectivity index (χ0) is 18.9. The van der Waals surface area contributed by atoms with Gasteiger partial charge in [-0.1, -0.05) is 38.1 Å². The first-order chi connectivity index (χ1) is 12.4. The number of amides is 1. The molecule has 138 valence electrons. The Morgan fingerprint density at radius 3 is 2.19 bits per heavy atom. The Morgan fingerprint density at radius 2 is 1.62 bits per heavy atom. The monoisotopic (exact) mass is 355 g/mol. The highest BCUT2D eigenvalue weighted by Crippen LogP contribution is 2.15. The van der Waals surface area contributed by atoms with Crippen LogP contribution in [0.2, 0.25) is 0 Å². The SMILES string of the molecule is CC(C)COc1ccc(CC(=O)Nc2ccc(CCC(=O)O)cc2)cc1. The molecular formula is C21H25NO4. The zero-order valence-electron chi connectivity index (χ0n) is 15.2. The number of nitrogens with one attached hydrogen (secondary N) is 1. The first kappa shape index (κ1) is 19.5. The van der Waals surface area contributed by atoms with Crippen LogP contribution in [0.5, 0.6) is 5.75 Å². The third-order valence-electron chi connectivity index (χ3n) is 3.74. The highest BCUT2D eigenvalue weighted by molar-refractivity contribution is 5.92. The summed E-state index contributed by atoms with van der Waals surface area (Å²) in [5, 5.41) is 11.5. The van der Waals surface area contributed by atoms with Crippen molar-refractivity contribution >= 4 is 17.6 Å². The summed E-state index contributed by atoms with van der Waals surface area (Å²) in [6.07, 6.45) is 0.864. The molecule has 0 saturated heterocycles. The van der Waals surface area contributed by atoms with Crippen molar-refractivity contribution in [1.82, 2.24) is 0 Å². The number of ether oxygens (including phenoxy) is 1. The molecule has 2 N–H and O–H groups in total. The van der Waals surface area contributed by atoms with Crippen LogP contribution in [-0.2, 0) is 22.4 Å². The van der Waals surface area contributed by atoms with Crippen molar-refractivity contribution in [2.45, 2.75) is 33.1 Å². The lowest BCUT2D eigenvalue weighted by atomic mass is 10.1. The molecule has 0 aliphatic rings. The van der Waals surface area contributed by atoms with Gasteiger partial charge < -0.3 is 15.2 Å². The summed E-state index contributed by atoms with van der Waals surface area (Å²) >= 11 is 0. The number of hydrogen-bond donors (Lipinski definition) is 2. The smallest absolute Gasteiger partial charge is 0.303 e. The Morgan fingerprint density at radius 1 is 1.00 bits per heavy atom. The molecule has 0 aliphatic heterocycles. The van der Waals surface area contributed by atoms with E-state index in [0.717, 1.165) is 16.9 Å². The molecule has 1 amide bonds. The lowest BCUT2D eigenvalue weighted by Crippen LogP contribution is -2.14. The minimum absolute atomic E-state index is 0.0980. The summed E-state index contributed by atoms with van der Waals surface area (Å²) in [5.74, 6) is 0.359. The lowest BCUT2D eigenvalue weighted by Gasteiger charge is -2.09. The first-order valence-electron chi connectivity index (χ1n) is 8.74. The number of carboxylic acid groups (broad SMARTS) is 1. The standard InChI is InChI=1S/C21H25NO4/c1-15(2)14-26-19-10-5-17(6-11-19)13-20(23)22-18-8-3-16(4-9-18)7-12-21(24)25/h3-6,8-11,15H,7,12-14H2,1-2H3,(H,22,23)(H,24,25). The third kappa shape index (κ3) is 6.97. The molecule has 0 unspecified atom stereocenters. The Bertz CT molecular complexity index is 721. The second-order valence-electron chi connectivity index (χ2n) is 6.66. The van der Waals surface area contributed by atoms with Crippen molar-refractivity contribution < 1.29 is 19.4 Å². The van der Waals surface area contributed by atoms with Crippen LogP contribution in [0.4, 0.5) is 5.69 Å². The third-order valence-corrected chi connectivity index (χ3v) is 3.74. The summed E-state index contributed by atoms with van der Waals surface area (Å²) in [7, 11) is 0. The van der Waals surface area contributed by atoms with Crippen LogP contribution in [0.15, 0.2) is 48.5 Å². The molecule has 0 radical (unpaired) electrons. The highest BCUT2D eigenvalue weighted by atomic mass is 16.5. The first-order valence-corrected chi connectivity index (χ1v) is 8.74. The fourth-order valence-electron chi connectivity index (χ4n) is 2.36. The molecule has 26 heavy (non-hydrogen) atoms. The average molecular weight is 355 g/mol. The summed E-state index contributed by atoms with van der Waals surface area (Å²) in [4.78, 5) is 22.7. The number of benzene rings is 2. The fraction of sp³-hybridized carbons (Fsp3) is 0.333. The molecule has 0 atom stereocenters. The maximum atomic E-state index is 12.2. The summed E-state index contributed by atoms with van der Waals surface area (Å²) in [6, 6.07) is 14.8. The van der Waals surface area contributed by atoms with E-state index < -0.39 is 5.97 Å². The van der Waals surface area contributed by atoms with Crippen LogP contribution in [0.3, 0.4) is 0 Å². The minimum atomic E-state index is -0.817. The summed E-state index contributed by atoms with van der Waals surface area (Å²) in [6.45, 7) is 4.86. The van der Waals surface area contributed by atoms with E-state index in [-0.39, 0.29) is 18.7 Å². The number of carboxylic acids is 1. The molecule has 0 heterocycles. The predicted molar refractivity (Wildman–Crippen MR) is 102 cm³/mol. The number of carbonyl (C=O) groups is 2. The normalized spacial score (nSPS) is 10.6. The number of carbonyl (C=O) groups excluding carboxylic acids is 1.